The normalized spacial score (nSPS) is 24.5. The maximum Gasteiger partial charge on any atom is 0.229 e. The van der Waals surface area contributed by atoms with E-state index in [2.05, 4.69) is 5.10 Å². The molecule has 22 heavy (non-hydrogen) atoms. The van der Waals surface area contributed by atoms with Gasteiger partial charge in [-0.1, -0.05) is 6.42 Å². The maximum absolute atomic E-state index is 12.7. The molecule has 0 bridgehead atoms. The van der Waals surface area contributed by atoms with Crippen LogP contribution in [0.25, 0.3) is 0 Å². The van der Waals surface area contributed by atoms with Crippen LogP contribution in [0.1, 0.15) is 44.1 Å². The number of aromatic nitrogens is 2. The number of amides is 1. The average Bonchev–Trinajstić information content (AvgIpc) is 2.79. The molecule has 2 fully saturated rings. The quantitative estimate of drug-likeness (QED) is 0.816. The highest BCUT2D eigenvalue weighted by Gasteiger charge is 2.50. The first-order chi connectivity index (χ1) is 10.3. The average molecular weight is 325 g/mol. The zero-order valence-corrected chi connectivity index (χ0v) is 14.0. The molecule has 2 heterocycles. The van der Waals surface area contributed by atoms with Gasteiger partial charge in [-0.25, -0.2) is 8.42 Å². The minimum Gasteiger partial charge on any atom is -0.341 e. The number of nitrogens with zero attached hydrogens (tertiary/aromatic N) is 3. The molecule has 1 amide bonds. The fourth-order valence-electron chi connectivity index (χ4n) is 3.49. The van der Waals surface area contributed by atoms with Gasteiger partial charge in [-0.3, -0.25) is 9.48 Å². The van der Waals surface area contributed by atoms with Crippen LogP contribution in [0.5, 0.6) is 0 Å². The van der Waals surface area contributed by atoms with E-state index in [1.54, 1.807) is 15.8 Å². The van der Waals surface area contributed by atoms with Crippen LogP contribution >= 0.6 is 0 Å². The smallest absolute Gasteiger partial charge is 0.229 e. The molecule has 1 unspecified atom stereocenters. The Balaban J connectivity index is 1.74. The topological polar surface area (TPSA) is 72.3 Å². The summed E-state index contributed by atoms with van der Waals surface area (Å²) in [6, 6.07) is 0. The first-order valence-corrected chi connectivity index (χ1v) is 9.49. The van der Waals surface area contributed by atoms with E-state index in [4.69, 9.17) is 0 Å². The largest absolute Gasteiger partial charge is 0.341 e. The molecule has 1 aromatic rings. The molecule has 2 aliphatic rings. The van der Waals surface area contributed by atoms with Crippen LogP contribution in [0.15, 0.2) is 12.4 Å². The van der Waals surface area contributed by atoms with Crippen molar-refractivity contribution in [3.63, 3.8) is 0 Å². The monoisotopic (exact) mass is 325 g/mol. The van der Waals surface area contributed by atoms with E-state index >= 15 is 0 Å². The zero-order valence-electron chi connectivity index (χ0n) is 13.2. The van der Waals surface area contributed by atoms with Crippen LogP contribution in [0.3, 0.4) is 0 Å². The van der Waals surface area contributed by atoms with E-state index in [0.29, 0.717) is 19.5 Å². The summed E-state index contributed by atoms with van der Waals surface area (Å²) in [4.78, 5) is 14.4. The highest BCUT2D eigenvalue weighted by molar-refractivity contribution is 7.92. The molecular formula is C15H23N3O3S. The number of carbonyl (C=O) groups excluding carboxylic acids is 1. The van der Waals surface area contributed by atoms with Crippen LogP contribution in [0, 0.1) is 0 Å². The Kier molecular flexibility index (Phi) is 3.79. The van der Waals surface area contributed by atoms with Crippen LogP contribution < -0.4 is 0 Å². The fraction of sp³-hybridized carbons (Fsp3) is 0.733. The van der Waals surface area contributed by atoms with Gasteiger partial charge in [0, 0.05) is 31.9 Å². The second-order valence-electron chi connectivity index (χ2n) is 6.60. The van der Waals surface area contributed by atoms with Gasteiger partial charge in [-0.15, -0.1) is 0 Å². The molecule has 0 radical (unpaired) electrons. The molecule has 1 atom stereocenters. The molecular weight excluding hydrogens is 302 g/mol. The number of hydrogen-bond acceptors (Lipinski definition) is 4. The van der Waals surface area contributed by atoms with Crippen molar-refractivity contribution in [2.75, 3.05) is 18.8 Å². The molecule has 1 aromatic heterocycles. The third kappa shape index (κ3) is 2.45. The van der Waals surface area contributed by atoms with E-state index in [1.807, 2.05) is 20.2 Å². The van der Waals surface area contributed by atoms with E-state index in [0.717, 1.165) is 24.8 Å². The summed E-state index contributed by atoms with van der Waals surface area (Å²) in [5.41, 5.74) is 0.873. The highest BCUT2D eigenvalue weighted by Crippen LogP contribution is 2.44. The number of sulfone groups is 1. The SMILES string of the molecule is CC(C(=O)N1CCC2(CCC2)S(=O)(=O)CC1)c1cnn(C)c1. The lowest BCUT2D eigenvalue weighted by Gasteiger charge is -2.40. The Hall–Kier alpha value is -1.37. The van der Waals surface area contributed by atoms with Gasteiger partial charge in [0.15, 0.2) is 9.84 Å². The fourth-order valence-corrected chi connectivity index (χ4v) is 5.69. The van der Waals surface area contributed by atoms with Gasteiger partial charge >= 0.3 is 0 Å². The maximum atomic E-state index is 12.7. The number of hydrogen-bond donors (Lipinski definition) is 0. The minimum absolute atomic E-state index is 0.000395. The zero-order chi connectivity index (χ0) is 16.0. The molecule has 0 aromatic carbocycles. The van der Waals surface area contributed by atoms with E-state index in [9.17, 15) is 13.2 Å². The lowest BCUT2D eigenvalue weighted by Crippen LogP contribution is -2.46. The Morgan fingerprint density at radius 1 is 1.32 bits per heavy atom. The molecule has 1 aliphatic carbocycles. The van der Waals surface area contributed by atoms with Crippen molar-refractivity contribution in [3.05, 3.63) is 18.0 Å². The lowest BCUT2D eigenvalue weighted by atomic mass is 9.81. The second kappa shape index (κ2) is 5.37. The van der Waals surface area contributed by atoms with Crippen molar-refractivity contribution < 1.29 is 13.2 Å². The van der Waals surface area contributed by atoms with Gasteiger partial charge in [0.25, 0.3) is 0 Å². The molecule has 1 spiro atoms. The van der Waals surface area contributed by atoms with Crippen molar-refractivity contribution in [1.29, 1.82) is 0 Å². The first-order valence-electron chi connectivity index (χ1n) is 7.84. The molecule has 1 aliphatic heterocycles. The molecule has 1 saturated heterocycles. The van der Waals surface area contributed by atoms with Crippen molar-refractivity contribution >= 4 is 15.7 Å². The highest BCUT2D eigenvalue weighted by atomic mass is 32.2. The van der Waals surface area contributed by atoms with Gasteiger partial charge in [0.05, 0.1) is 22.6 Å². The van der Waals surface area contributed by atoms with Gasteiger partial charge in [-0.2, -0.15) is 5.10 Å². The molecule has 6 nitrogen and oxygen atoms in total. The van der Waals surface area contributed by atoms with Crippen LogP contribution in [-0.2, 0) is 21.7 Å². The molecule has 3 rings (SSSR count). The number of carbonyl (C=O) groups is 1. The third-order valence-electron chi connectivity index (χ3n) is 5.30. The summed E-state index contributed by atoms with van der Waals surface area (Å²) in [7, 11) is -1.27. The van der Waals surface area contributed by atoms with Gasteiger partial charge in [0.1, 0.15) is 0 Å². The van der Waals surface area contributed by atoms with Crippen LogP contribution in [0.4, 0.5) is 0 Å². The van der Waals surface area contributed by atoms with Gasteiger partial charge < -0.3 is 4.90 Å². The summed E-state index contributed by atoms with van der Waals surface area (Å²) in [6.07, 6.45) is 6.63. The Morgan fingerprint density at radius 3 is 2.59 bits per heavy atom. The number of rotatable bonds is 2. The van der Waals surface area contributed by atoms with Crippen LogP contribution in [0.2, 0.25) is 0 Å². The number of aryl methyl sites for hydroxylation is 1. The van der Waals surface area contributed by atoms with Crippen molar-refractivity contribution in [2.45, 2.75) is 43.3 Å². The summed E-state index contributed by atoms with van der Waals surface area (Å²) in [5.74, 6) is -0.190. The summed E-state index contributed by atoms with van der Waals surface area (Å²) in [6.45, 7) is 2.72. The summed E-state index contributed by atoms with van der Waals surface area (Å²) < 4.78 is 26.1. The molecule has 122 valence electrons. The minimum atomic E-state index is -3.09. The predicted octanol–water partition coefficient (Wildman–Crippen LogP) is 1.09. The van der Waals surface area contributed by atoms with Crippen molar-refractivity contribution in [1.82, 2.24) is 14.7 Å². The van der Waals surface area contributed by atoms with E-state index < -0.39 is 14.6 Å². The second-order valence-corrected chi connectivity index (χ2v) is 9.10. The van der Waals surface area contributed by atoms with Crippen LogP contribution in [-0.4, -0.2) is 52.6 Å². The first kappa shape index (κ1) is 15.5. The Bertz CT molecular complexity index is 676. The Labute approximate surface area is 131 Å². The molecule has 1 saturated carbocycles. The van der Waals surface area contributed by atoms with Crippen molar-refractivity contribution in [3.8, 4) is 0 Å². The third-order valence-corrected chi connectivity index (χ3v) is 7.95. The van der Waals surface area contributed by atoms with E-state index in [-0.39, 0.29) is 17.6 Å². The summed E-state index contributed by atoms with van der Waals surface area (Å²) in [5, 5.41) is 4.10. The summed E-state index contributed by atoms with van der Waals surface area (Å²) >= 11 is 0. The standard InChI is InChI=1S/C15H23N3O3S/c1-12(13-10-16-17(2)11-13)14(19)18-7-6-15(4-3-5-15)22(20,21)9-8-18/h10-12H,3-9H2,1-2H3. The van der Waals surface area contributed by atoms with Gasteiger partial charge in [0.2, 0.25) is 5.91 Å². The van der Waals surface area contributed by atoms with Crippen molar-refractivity contribution in [2.24, 2.45) is 7.05 Å². The molecule has 0 N–H and O–H groups in total. The Morgan fingerprint density at radius 2 is 2.05 bits per heavy atom. The molecule has 7 heteroatoms. The lowest BCUT2D eigenvalue weighted by molar-refractivity contribution is -0.132. The predicted molar refractivity (Wildman–Crippen MR) is 83.2 cm³/mol. The van der Waals surface area contributed by atoms with E-state index in [1.165, 1.54) is 0 Å². The van der Waals surface area contributed by atoms with Gasteiger partial charge in [-0.05, 0) is 26.2 Å².